The molecule has 0 spiro atoms. The van der Waals surface area contributed by atoms with Gasteiger partial charge in [-0.3, -0.25) is 0 Å². The van der Waals surface area contributed by atoms with Gasteiger partial charge in [0.25, 0.3) is 0 Å². The van der Waals surface area contributed by atoms with Crippen molar-refractivity contribution in [3.05, 3.63) is 59.1 Å². The van der Waals surface area contributed by atoms with Crippen LogP contribution in [0.15, 0.2) is 58.3 Å². The van der Waals surface area contributed by atoms with Crippen LogP contribution >= 0.6 is 23.4 Å². The zero-order valence-electron chi connectivity index (χ0n) is 9.43. The zero-order chi connectivity index (χ0) is 12.3. The Morgan fingerprint density at radius 2 is 1.71 bits per heavy atom. The first kappa shape index (κ1) is 12.5. The molecule has 0 heterocycles. The van der Waals surface area contributed by atoms with Crippen LogP contribution in [-0.4, -0.2) is 5.11 Å². The number of aliphatic hydroxyl groups excluding tert-OH is 1. The lowest BCUT2D eigenvalue weighted by Gasteiger charge is -2.07. The fraction of sp³-hybridized carbons (Fsp3) is 0.143. The number of hydrogen-bond acceptors (Lipinski definition) is 2. The second-order valence-corrected chi connectivity index (χ2v) is 5.30. The molecular formula is C14H13ClOS. The molecule has 2 aromatic rings. The van der Waals surface area contributed by atoms with E-state index in [1.165, 1.54) is 0 Å². The van der Waals surface area contributed by atoms with Crippen molar-refractivity contribution >= 4 is 23.4 Å². The van der Waals surface area contributed by atoms with Gasteiger partial charge in [0, 0.05) is 9.79 Å². The number of rotatable bonds is 3. The summed E-state index contributed by atoms with van der Waals surface area (Å²) in [5.74, 6) is 0. The van der Waals surface area contributed by atoms with Gasteiger partial charge in [0.15, 0.2) is 0 Å². The Morgan fingerprint density at radius 3 is 2.29 bits per heavy atom. The van der Waals surface area contributed by atoms with Gasteiger partial charge >= 0.3 is 0 Å². The fourth-order valence-corrected chi connectivity index (χ4v) is 2.56. The van der Waals surface area contributed by atoms with E-state index >= 15 is 0 Å². The van der Waals surface area contributed by atoms with Gasteiger partial charge in [-0.1, -0.05) is 47.6 Å². The van der Waals surface area contributed by atoms with E-state index in [1.807, 2.05) is 48.5 Å². The molecular weight excluding hydrogens is 252 g/mol. The number of aliphatic hydroxyl groups is 1. The maximum Gasteiger partial charge on any atom is 0.0761 e. The number of halogens is 1. The van der Waals surface area contributed by atoms with Gasteiger partial charge in [0.2, 0.25) is 0 Å². The molecule has 0 aliphatic heterocycles. The van der Waals surface area contributed by atoms with Gasteiger partial charge in [-0.15, -0.1) is 0 Å². The van der Waals surface area contributed by atoms with E-state index in [9.17, 15) is 5.11 Å². The Hall–Kier alpha value is -0.960. The van der Waals surface area contributed by atoms with E-state index in [0.29, 0.717) is 0 Å². The molecule has 17 heavy (non-hydrogen) atoms. The number of benzene rings is 2. The third-order valence-electron chi connectivity index (χ3n) is 2.43. The summed E-state index contributed by atoms with van der Waals surface area (Å²) in [7, 11) is 0. The predicted octanol–water partition coefficient (Wildman–Crippen LogP) is 4.54. The van der Waals surface area contributed by atoms with Crippen molar-refractivity contribution in [3.8, 4) is 0 Å². The zero-order valence-corrected chi connectivity index (χ0v) is 11.0. The topological polar surface area (TPSA) is 20.2 Å². The van der Waals surface area contributed by atoms with Crippen LogP contribution in [0.1, 0.15) is 18.6 Å². The van der Waals surface area contributed by atoms with E-state index in [4.69, 9.17) is 11.6 Å². The smallest absolute Gasteiger partial charge is 0.0761 e. The average molecular weight is 265 g/mol. The lowest BCUT2D eigenvalue weighted by Crippen LogP contribution is -1.89. The summed E-state index contributed by atoms with van der Waals surface area (Å²) < 4.78 is 0. The predicted molar refractivity (Wildman–Crippen MR) is 72.7 cm³/mol. The molecule has 0 aromatic heterocycles. The highest BCUT2D eigenvalue weighted by molar-refractivity contribution is 7.99. The normalized spacial score (nSPS) is 12.4. The van der Waals surface area contributed by atoms with Crippen LogP contribution in [0, 0.1) is 0 Å². The second-order valence-electron chi connectivity index (χ2n) is 3.78. The second kappa shape index (κ2) is 5.58. The molecule has 2 aromatic carbocycles. The van der Waals surface area contributed by atoms with Crippen LogP contribution in [-0.2, 0) is 0 Å². The van der Waals surface area contributed by atoms with Crippen molar-refractivity contribution in [1.29, 1.82) is 0 Å². The minimum Gasteiger partial charge on any atom is -0.389 e. The van der Waals surface area contributed by atoms with Crippen molar-refractivity contribution < 1.29 is 5.11 Å². The van der Waals surface area contributed by atoms with Gasteiger partial charge < -0.3 is 5.11 Å². The Bertz CT molecular complexity index is 494. The van der Waals surface area contributed by atoms with Crippen molar-refractivity contribution in [1.82, 2.24) is 0 Å². The molecule has 0 unspecified atom stereocenters. The third kappa shape index (κ3) is 3.25. The quantitative estimate of drug-likeness (QED) is 0.878. The monoisotopic (exact) mass is 264 g/mol. The van der Waals surface area contributed by atoms with Crippen LogP contribution in [0.5, 0.6) is 0 Å². The van der Waals surface area contributed by atoms with E-state index in [-0.39, 0.29) is 0 Å². The lowest BCUT2D eigenvalue weighted by molar-refractivity contribution is 0.199. The molecule has 0 aliphatic rings. The van der Waals surface area contributed by atoms with Crippen LogP contribution in [0.4, 0.5) is 0 Å². The molecule has 0 aliphatic carbocycles. The van der Waals surface area contributed by atoms with Gasteiger partial charge in [-0.2, -0.15) is 0 Å². The Labute approximate surface area is 110 Å². The highest BCUT2D eigenvalue weighted by atomic mass is 35.5. The summed E-state index contributed by atoms with van der Waals surface area (Å²) in [5.41, 5.74) is 0.925. The van der Waals surface area contributed by atoms with Gasteiger partial charge in [0.1, 0.15) is 0 Å². The molecule has 88 valence electrons. The minimum absolute atomic E-state index is 0.422. The molecule has 2 rings (SSSR count). The molecule has 1 N–H and O–H groups in total. The Kier molecular flexibility index (Phi) is 4.11. The lowest BCUT2D eigenvalue weighted by atomic mass is 10.1. The highest BCUT2D eigenvalue weighted by Crippen LogP contribution is 2.33. The number of hydrogen-bond donors (Lipinski definition) is 1. The van der Waals surface area contributed by atoms with E-state index in [2.05, 4.69) is 0 Å². The maximum absolute atomic E-state index is 9.42. The molecule has 3 heteroatoms. The molecule has 1 nitrogen and oxygen atoms in total. The van der Waals surface area contributed by atoms with Crippen LogP contribution in [0.3, 0.4) is 0 Å². The standard InChI is InChI=1S/C14H13ClOS/c1-10(16)11-6-8-12(9-7-11)17-14-5-3-2-4-13(14)15/h2-10,16H,1H3/t10-/m0/s1. The van der Waals surface area contributed by atoms with E-state index < -0.39 is 6.10 Å². The molecule has 0 bridgehead atoms. The summed E-state index contributed by atoms with van der Waals surface area (Å²) >= 11 is 7.72. The summed E-state index contributed by atoms with van der Waals surface area (Å²) in [6, 6.07) is 15.6. The average Bonchev–Trinajstić information content (AvgIpc) is 2.33. The molecule has 1 atom stereocenters. The summed E-state index contributed by atoms with van der Waals surface area (Å²) in [6.45, 7) is 1.76. The Morgan fingerprint density at radius 1 is 1.06 bits per heavy atom. The fourth-order valence-electron chi connectivity index (χ4n) is 1.47. The first-order valence-electron chi connectivity index (χ1n) is 5.37. The molecule has 0 saturated carbocycles. The van der Waals surface area contributed by atoms with Crippen LogP contribution in [0.25, 0.3) is 0 Å². The summed E-state index contributed by atoms with van der Waals surface area (Å²) in [5, 5.41) is 10.2. The first-order valence-corrected chi connectivity index (χ1v) is 6.56. The minimum atomic E-state index is -0.422. The van der Waals surface area contributed by atoms with Crippen molar-refractivity contribution in [2.24, 2.45) is 0 Å². The van der Waals surface area contributed by atoms with Gasteiger partial charge in [-0.05, 0) is 36.8 Å². The Balaban J connectivity index is 2.17. The van der Waals surface area contributed by atoms with Crippen molar-refractivity contribution in [2.45, 2.75) is 22.8 Å². The molecule has 0 saturated heterocycles. The molecule has 0 amide bonds. The van der Waals surface area contributed by atoms with Crippen molar-refractivity contribution in [3.63, 3.8) is 0 Å². The highest BCUT2D eigenvalue weighted by Gasteiger charge is 2.03. The van der Waals surface area contributed by atoms with Crippen molar-refractivity contribution in [2.75, 3.05) is 0 Å². The van der Waals surface area contributed by atoms with E-state index in [0.717, 1.165) is 20.4 Å². The first-order chi connectivity index (χ1) is 8.16. The molecule has 0 fully saturated rings. The van der Waals surface area contributed by atoms with Crippen LogP contribution < -0.4 is 0 Å². The summed E-state index contributed by atoms with van der Waals surface area (Å²) in [6.07, 6.45) is -0.422. The van der Waals surface area contributed by atoms with Gasteiger partial charge in [-0.25, -0.2) is 0 Å². The molecule has 0 radical (unpaired) electrons. The summed E-state index contributed by atoms with van der Waals surface area (Å²) in [4.78, 5) is 2.15. The van der Waals surface area contributed by atoms with Crippen LogP contribution in [0.2, 0.25) is 5.02 Å². The van der Waals surface area contributed by atoms with Gasteiger partial charge in [0.05, 0.1) is 11.1 Å². The largest absolute Gasteiger partial charge is 0.389 e. The SMILES string of the molecule is C[C@H](O)c1ccc(Sc2ccccc2Cl)cc1. The van der Waals surface area contributed by atoms with E-state index in [1.54, 1.807) is 18.7 Å². The third-order valence-corrected chi connectivity index (χ3v) is 3.95. The maximum atomic E-state index is 9.42.